The second kappa shape index (κ2) is 3.90. The topological polar surface area (TPSA) is 20.2 Å². The van der Waals surface area contributed by atoms with Crippen molar-refractivity contribution in [2.75, 3.05) is 0 Å². The maximum absolute atomic E-state index is 12.5. The number of halogens is 3. The van der Waals surface area contributed by atoms with Gasteiger partial charge in [-0.3, -0.25) is 0 Å². The van der Waals surface area contributed by atoms with Gasteiger partial charge in [-0.15, -0.1) is 0 Å². The third-order valence-electron chi connectivity index (χ3n) is 2.12. The average Bonchev–Trinajstić information content (AvgIpc) is 2.07. The third-order valence-corrected chi connectivity index (χ3v) is 2.12. The van der Waals surface area contributed by atoms with E-state index in [1.807, 2.05) is 0 Å². The van der Waals surface area contributed by atoms with E-state index in [-0.39, 0.29) is 17.7 Å². The molecule has 14 heavy (non-hydrogen) atoms. The minimum absolute atomic E-state index is 0.0532. The molecule has 1 aromatic carbocycles. The molecule has 0 amide bonds. The van der Waals surface area contributed by atoms with Crippen molar-refractivity contribution in [3.63, 3.8) is 0 Å². The van der Waals surface area contributed by atoms with Gasteiger partial charge in [0.05, 0.1) is 5.92 Å². The number of aromatic hydroxyl groups is 1. The molecule has 0 aliphatic rings. The normalized spacial score (nSPS) is 14.0. The summed E-state index contributed by atoms with van der Waals surface area (Å²) in [5, 5.41) is 9.28. The Kier molecular flexibility index (Phi) is 3.03. The molecule has 0 saturated carbocycles. The summed E-state index contributed by atoms with van der Waals surface area (Å²) >= 11 is 0. The number of para-hydroxylation sites is 1. The van der Waals surface area contributed by atoms with Gasteiger partial charge in [0.25, 0.3) is 0 Å². The molecule has 1 atom stereocenters. The van der Waals surface area contributed by atoms with Crippen LogP contribution in [-0.2, 0) is 0 Å². The van der Waals surface area contributed by atoms with Crippen LogP contribution in [0.5, 0.6) is 5.75 Å². The fourth-order valence-corrected chi connectivity index (χ4v) is 1.41. The van der Waals surface area contributed by atoms with Crippen LogP contribution in [0, 0.1) is 0 Å². The Morgan fingerprint density at radius 3 is 2.29 bits per heavy atom. The second-order valence-corrected chi connectivity index (χ2v) is 3.06. The van der Waals surface area contributed by atoms with Crippen LogP contribution >= 0.6 is 0 Å². The van der Waals surface area contributed by atoms with Crippen LogP contribution in [0.1, 0.15) is 24.8 Å². The number of phenols is 1. The first-order valence-electron chi connectivity index (χ1n) is 4.31. The summed E-state index contributed by atoms with van der Waals surface area (Å²) in [5.41, 5.74) is -0.0532. The van der Waals surface area contributed by atoms with Gasteiger partial charge in [-0.2, -0.15) is 13.2 Å². The largest absolute Gasteiger partial charge is 0.508 e. The number of phenolic OH excluding ortho intramolecular Hbond substituents is 1. The van der Waals surface area contributed by atoms with Gasteiger partial charge in [-0.05, 0) is 12.5 Å². The smallest absolute Gasteiger partial charge is 0.395 e. The molecule has 1 aromatic rings. The molecule has 1 rings (SSSR count). The van der Waals surface area contributed by atoms with Crippen molar-refractivity contribution < 1.29 is 18.3 Å². The van der Waals surface area contributed by atoms with Crippen molar-refractivity contribution >= 4 is 0 Å². The van der Waals surface area contributed by atoms with Gasteiger partial charge in [0, 0.05) is 5.56 Å². The molecule has 0 aromatic heterocycles. The first-order valence-corrected chi connectivity index (χ1v) is 4.31. The van der Waals surface area contributed by atoms with Gasteiger partial charge in [0.2, 0.25) is 0 Å². The molecule has 0 heterocycles. The van der Waals surface area contributed by atoms with Crippen LogP contribution in [0.15, 0.2) is 24.3 Å². The molecule has 0 aliphatic heterocycles. The number of rotatable bonds is 2. The van der Waals surface area contributed by atoms with E-state index >= 15 is 0 Å². The summed E-state index contributed by atoms with van der Waals surface area (Å²) in [6, 6.07) is 5.56. The third kappa shape index (κ3) is 2.19. The molecule has 0 bridgehead atoms. The fourth-order valence-electron chi connectivity index (χ4n) is 1.41. The standard InChI is InChI=1S/C10H11F3O/c1-2-8(10(11,12)13)7-5-3-4-6-9(7)14/h3-6,8,14H,2H2,1H3. The summed E-state index contributed by atoms with van der Waals surface area (Å²) < 4.78 is 37.4. The average molecular weight is 204 g/mol. The van der Waals surface area contributed by atoms with Crippen molar-refractivity contribution in [1.82, 2.24) is 0 Å². The van der Waals surface area contributed by atoms with E-state index < -0.39 is 12.1 Å². The summed E-state index contributed by atoms with van der Waals surface area (Å²) in [6.45, 7) is 1.45. The Bertz CT molecular complexity index is 306. The van der Waals surface area contributed by atoms with Gasteiger partial charge < -0.3 is 5.11 Å². The van der Waals surface area contributed by atoms with Gasteiger partial charge in [0.1, 0.15) is 5.75 Å². The van der Waals surface area contributed by atoms with Gasteiger partial charge in [0.15, 0.2) is 0 Å². The van der Waals surface area contributed by atoms with E-state index in [1.165, 1.54) is 31.2 Å². The number of hydrogen-bond donors (Lipinski definition) is 1. The molecule has 1 nitrogen and oxygen atoms in total. The number of hydrogen-bond acceptors (Lipinski definition) is 1. The van der Waals surface area contributed by atoms with E-state index in [1.54, 1.807) is 0 Å². The monoisotopic (exact) mass is 204 g/mol. The molecule has 0 aliphatic carbocycles. The molecule has 0 fully saturated rings. The van der Waals surface area contributed by atoms with E-state index in [2.05, 4.69) is 0 Å². The fraction of sp³-hybridized carbons (Fsp3) is 0.400. The van der Waals surface area contributed by atoms with E-state index in [0.29, 0.717) is 0 Å². The first kappa shape index (κ1) is 10.9. The van der Waals surface area contributed by atoms with Gasteiger partial charge in [-0.25, -0.2) is 0 Å². The second-order valence-electron chi connectivity index (χ2n) is 3.06. The summed E-state index contributed by atoms with van der Waals surface area (Å²) in [5.74, 6) is -1.87. The Morgan fingerprint density at radius 1 is 1.29 bits per heavy atom. The van der Waals surface area contributed by atoms with Crippen molar-refractivity contribution in [3.8, 4) is 5.75 Å². The van der Waals surface area contributed by atoms with Gasteiger partial charge >= 0.3 is 6.18 Å². The molecular formula is C10H11F3O. The predicted molar refractivity (Wildman–Crippen MR) is 47.2 cm³/mol. The lowest BCUT2D eigenvalue weighted by molar-refractivity contribution is -0.151. The molecule has 1 unspecified atom stereocenters. The zero-order valence-corrected chi connectivity index (χ0v) is 7.67. The van der Waals surface area contributed by atoms with Crippen LogP contribution in [0.3, 0.4) is 0 Å². The molecule has 0 saturated heterocycles. The predicted octanol–water partition coefficient (Wildman–Crippen LogP) is 3.45. The number of alkyl halides is 3. The van der Waals surface area contributed by atoms with Gasteiger partial charge in [-0.1, -0.05) is 25.1 Å². The van der Waals surface area contributed by atoms with Crippen LogP contribution in [-0.4, -0.2) is 11.3 Å². The van der Waals surface area contributed by atoms with Crippen molar-refractivity contribution in [3.05, 3.63) is 29.8 Å². The zero-order valence-electron chi connectivity index (χ0n) is 7.67. The lowest BCUT2D eigenvalue weighted by Gasteiger charge is -2.19. The highest BCUT2D eigenvalue weighted by atomic mass is 19.4. The van der Waals surface area contributed by atoms with Crippen molar-refractivity contribution in [2.24, 2.45) is 0 Å². The highest BCUT2D eigenvalue weighted by Gasteiger charge is 2.40. The summed E-state index contributed by atoms with van der Waals surface area (Å²) in [6.07, 6.45) is -4.37. The number of benzene rings is 1. The van der Waals surface area contributed by atoms with E-state index in [0.717, 1.165) is 0 Å². The molecule has 1 N–H and O–H groups in total. The first-order chi connectivity index (χ1) is 6.46. The van der Waals surface area contributed by atoms with Crippen LogP contribution in [0.2, 0.25) is 0 Å². The van der Waals surface area contributed by atoms with Crippen molar-refractivity contribution in [1.29, 1.82) is 0 Å². The molecule has 0 spiro atoms. The van der Waals surface area contributed by atoms with Crippen molar-refractivity contribution in [2.45, 2.75) is 25.4 Å². The quantitative estimate of drug-likeness (QED) is 0.782. The van der Waals surface area contributed by atoms with E-state index in [4.69, 9.17) is 0 Å². The molecule has 78 valence electrons. The summed E-state index contributed by atoms with van der Waals surface area (Å²) in [4.78, 5) is 0. The SMILES string of the molecule is CCC(c1ccccc1O)C(F)(F)F. The Morgan fingerprint density at radius 2 is 1.86 bits per heavy atom. The van der Waals surface area contributed by atoms with Crippen LogP contribution in [0.4, 0.5) is 13.2 Å². The minimum Gasteiger partial charge on any atom is -0.508 e. The lowest BCUT2D eigenvalue weighted by atomic mass is 9.95. The van der Waals surface area contributed by atoms with Crippen LogP contribution < -0.4 is 0 Å². The Labute approximate surface area is 80.2 Å². The zero-order chi connectivity index (χ0) is 10.8. The maximum atomic E-state index is 12.5. The highest BCUT2D eigenvalue weighted by molar-refractivity contribution is 5.35. The maximum Gasteiger partial charge on any atom is 0.395 e. The molecule has 0 radical (unpaired) electrons. The summed E-state index contributed by atoms with van der Waals surface area (Å²) in [7, 11) is 0. The molecular weight excluding hydrogens is 193 g/mol. The van der Waals surface area contributed by atoms with Crippen LogP contribution in [0.25, 0.3) is 0 Å². The minimum atomic E-state index is -4.30. The lowest BCUT2D eigenvalue weighted by Crippen LogP contribution is -2.20. The highest BCUT2D eigenvalue weighted by Crippen LogP contribution is 2.40. The molecule has 4 heteroatoms. The van der Waals surface area contributed by atoms with E-state index in [9.17, 15) is 18.3 Å². The Hall–Kier alpha value is -1.19. The Balaban J connectivity index is 3.08.